The zero-order valence-electron chi connectivity index (χ0n) is 14.8. The predicted molar refractivity (Wildman–Crippen MR) is 102 cm³/mol. The molecule has 142 valence electrons. The lowest BCUT2D eigenvalue weighted by atomic mass is 9.92. The molecule has 1 unspecified atom stereocenters. The Kier molecular flexibility index (Phi) is 4.52. The van der Waals surface area contributed by atoms with Crippen LogP contribution in [0.15, 0.2) is 64.2 Å². The summed E-state index contributed by atoms with van der Waals surface area (Å²) in [5.41, 5.74) is 3.06. The van der Waals surface area contributed by atoms with E-state index in [2.05, 4.69) is 15.7 Å². The average Bonchev–Trinajstić information content (AvgIpc) is 3.21. The molecule has 0 aliphatic carbocycles. The van der Waals surface area contributed by atoms with Crippen LogP contribution in [0.3, 0.4) is 0 Å². The number of aromatic nitrogens is 1. The predicted octanol–water partition coefficient (Wildman–Crippen LogP) is 2.42. The zero-order valence-corrected chi connectivity index (χ0v) is 15.7. The van der Waals surface area contributed by atoms with Gasteiger partial charge in [-0.3, -0.25) is 15.0 Å². The van der Waals surface area contributed by atoms with Crippen LogP contribution in [0.25, 0.3) is 11.1 Å². The summed E-state index contributed by atoms with van der Waals surface area (Å²) in [5.74, 6) is -1.14. The van der Waals surface area contributed by atoms with Crippen LogP contribution in [0, 0.1) is 0 Å². The lowest BCUT2D eigenvalue weighted by Gasteiger charge is -2.22. The second kappa shape index (κ2) is 7.01. The fraction of sp³-hybridized carbons (Fsp3) is 0.158. The van der Waals surface area contributed by atoms with E-state index >= 15 is 0 Å². The van der Waals surface area contributed by atoms with Crippen molar-refractivity contribution < 1.29 is 18.8 Å². The number of oxazole rings is 1. The smallest absolute Gasteiger partial charge is 0.344 e. The average molecular weight is 396 g/mol. The Morgan fingerprint density at radius 3 is 2.64 bits per heavy atom. The highest BCUT2D eigenvalue weighted by molar-refractivity contribution is 7.99. The molecule has 0 radical (unpaired) electrons. The molecular weight excluding hydrogens is 380 g/mol. The molecule has 3 aromatic rings. The molecule has 1 aromatic heterocycles. The second-order valence-electron chi connectivity index (χ2n) is 6.33. The van der Waals surface area contributed by atoms with E-state index in [9.17, 15) is 14.4 Å². The fourth-order valence-electron chi connectivity index (χ4n) is 2.90. The standard InChI is InChI=1S/C19H16N4O4S/c1-19(12-7-3-2-4-8-12)16(25)23(17(26)21-19)22-15(24)11-28-18-20-13-9-5-6-10-14(13)27-18/h2-10H,11H2,1H3,(H,21,26)(H,22,24). The number of urea groups is 1. The first kappa shape index (κ1) is 18.1. The Morgan fingerprint density at radius 2 is 1.89 bits per heavy atom. The second-order valence-corrected chi connectivity index (χ2v) is 7.26. The molecule has 28 heavy (non-hydrogen) atoms. The highest BCUT2D eigenvalue weighted by atomic mass is 32.2. The van der Waals surface area contributed by atoms with Gasteiger partial charge in [-0.2, -0.15) is 5.01 Å². The summed E-state index contributed by atoms with van der Waals surface area (Å²) in [4.78, 5) is 41.5. The number of hydrogen-bond donors (Lipinski definition) is 2. The minimum absolute atomic E-state index is 0.0636. The van der Waals surface area contributed by atoms with Gasteiger partial charge in [0.2, 0.25) is 5.91 Å². The molecule has 9 heteroatoms. The van der Waals surface area contributed by atoms with Gasteiger partial charge in [0.1, 0.15) is 11.1 Å². The number of carbonyl (C=O) groups excluding carboxylic acids is 3. The number of para-hydroxylation sites is 2. The quantitative estimate of drug-likeness (QED) is 0.507. The van der Waals surface area contributed by atoms with Crippen LogP contribution >= 0.6 is 11.8 Å². The van der Waals surface area contributed by atoms with Gasteiger partial charge in [-0.25, -0.2) is 9.78 Å². The first-order chi connectivity index (χ1) is 13.5. The summed E-state index contributed by atoms with van der Waals surface area (Å²) in [6, 6.07) is 15.4. The van der Waals surface area contributed by atoms with E-state index in [0.29, 0.717) is 26.9 Å². The number of hydrogen-bond acceptors (Lipinski definition) is 6. The van der Waals surface area contributed by atoms with E-state index < -0.39 is 23.4 Å². The van der Waals surface area contributed by atoms with Gasteiger partial charge >= 0.3 is 6.03 Å². The minimum atomic E-state index is -1.24. The number of nitrogens with zero attached hydrogens (tertiary/aromatic N) is 2. The number of amides is 4. The van der Waals surface area contributed by atoms with Crippen LogP contribution in [0.2, 0.25) is 0 Å². The van der Waals surface area contributed by atoms with Crippen LogP contribution < -0.4 is 10.7 Å². The van der Waals surface area contributed by atoms with E-state index in [1.807, 2.05) is 18.2 Å². The maximum Gasteiger partial charge on any atom is 0.344 e. The number of thioether (sulfide) groups is 1. The number of fused-ring (bicyclic) bond motifs is 1. The topological polar surface area (TPSA) is 105 Å². The van der Waals surface area contributed by atoms with Gasteiger partial charge in [0.15, 0.2) is 5.58 Å². The van der Waals surface area contributed by atoms with Crippen LogP contribution in [0.1, 0.15) is 12.5 Å². The van der Waals surface area contributed by atoms with E-state index in [1.54, 1.807) is 43.3 Å². The van der Waals surface area contributed by atoms with Gasteiger partial charge in [-0.1, -0.05) is 54.2 Å². The van der Waals surface area contributed by atoms with E-state index in [4.69, 9.17) is 4.42 Å². The third-order valence-corrected chi connectivity index (χ3v) is 5.21. The van der Waals surface area contributed by atoms with Gasteiger partial charge < -0.3 is 9.73 Å². The van der Waals surface area contributed by atoms with Crippen molar-refractivity contribution in [1.82, 2.24) is 20.7 Å². The van der Waals surface area contributed by atoms with Crippen LogP contribution in [0.4, 0.5) is 4.79 Å². The van der Waals surface area contributed by atoms with Crippen LogP contribution in [-0.4, -0.2) is 33.6 Å². The van der Waals surface area contributed by atoms with Crippen molar-refractivity contribution in [3.63, 3.8) is 0 Å². The largest absolute Gasteiger partial charge is 0.431 e. The third-order valence-electron chi connectivity index (χ3n) is 4.38. The molecule has 0 saturated carbocycles. The molecule has 2 N–H and O–H groups in total. The monoisotopic (exact) mass is 396 g/mol. The molecule has 4 rings (SSSR count). The number of rotatable bonds is 5. The Balaban J connectivity index is 1.41. The van der Waals surface area contributed by atoms with Gasteiger partial charge in [0.25, 0.3) is 11.1 Å². The van der Waals surface area contributed by atoms with Crippen LogP contribution in [-0.2, 0) is 15.1 Å². The minimum Gasteiger partial charge on any atom is -0.431 e. The molecule has 0 spiro atoms. The van der Waals surface area contributed by atoms with Crippen molar-refractivity contribution in [2.24, 2.45) is 0 Å². The lowest BCUT2D eigenvalue weighted by Crippen LogP contribution is -2.48. The summed E-state index contributed by atoms with van der Waals surface area (Å²) in [7, 11) is 0. The van der Waals surface area contributed by atoms with Gasteiger partial charge in [-0.05, 0) is 24.6 Å². The Bertz CT molecular complexity index is 1030. The molecule has 1 aliphatic heterocycles. The lowest BCUT2D eigenvalue weighted by molar-refractivity contribution is -0.138. The molecule has 4 amide bonds. The molecular formula is C19H16N4O4S. The van der Waals surface area contributed by atoms with Crippen LogP contribution in [0.5, 0.6) is 0 Å². The van der Waals surface area contributed by atoms with E-state index in [0.717, 1.165) is 11.8 Å². The molecule has 1 fully saturated rings. The number of imide groups is 1. The van der Waals surface area contributed by atoms with Crippen molar-refractivity contribution in [2.75, 3.05) is 5.75 Å². The summed E-state index contributed by atoms with van der Waals surface area (Å²) in [6.45, 7) is 1.60. The first-order valence-corrected chi connectivity index (χ1v) is 9.46. The molecule has 1 aliphatic rings. The Morgan fingerprint density at radius 1 is 1.18 bits per heavy atom. The Labute approximate surface area is 164 Å². The van der Waals surface area contributed by atoms with Gasteiger partial charge in [0, 0.05) is 0 Å². The first-order valence-electron chi connectivity index (χ1n) is 8.47. The molecule has 1 saturated heterocycles. The summed E-state index contributed by atoms with van der Waals surface area (Å²) in [6.07, 6.45) is 0. The zero-order chi connectivity index (χ0) is 19.7. The normalized spacial score (nSPS) is 19.1. The van der Waals surface area contributed by atoms with Crippen molar-refractivity contribution >= 4 is 40.7 Å². The summed E-state index contributed by atoms with van der Waals surface area (Å²) < 4.78 is 5.53. The molecule has 8 nitrogen and oxygen atoms in total. The van der Waals surface area contributed by atoms with Crippen molar-refractivity contribution in [1.29, 1.82) is 0 Å². The summed E-state index contributed by atoms with van der Waals surface area (Å²) >= 11 is 1.08. The highest BCUT2D eigenvalue weighted by Gasteiger charge is 2.49. The number of benzene rings is 2. The fourth-order valence-corrected chi connectivity index (χ4v) is 3.54. The maximum atomic E-state index is 12.8. The maximum absolute atomic E-state index is 12.8. The number of nitrogens with one attached hydrogen (secondary N) is 2. The number of hydrazine groups is 1. The molecule has 1 atom stereocenters. The third kappa shape index (κ3) is 3.20. The Hall–Kier alpha value is -3.33. The van der Waals surface area contributed by atoms with Crippen molar-refractivity contribution in [2.45, 2.75) is 17.7 Å². The SMILES string of the molecule is CC1(c2ccccc2)NC(=O)N(NC(=O)CSc2nc3ccccc3o2)C1=O. The van der Waals surface area contributed by atoms with Gasteiger partial charge in [-0.15, -0.1) is 0 Å². The highest BCUT2D eigenvalue weighted by Crippen LogP contribution is 2.28. The van der Waals surface area contributed by atoms with E-state index in [-0.39, 0.29) is 5.75 Å². The number of carbonyl (C=O) groups is 3. The van der Waals surface area contributed by atoms with Crippen molar-refractivity contribution in [3.05, 3.63) is 60.2 Å². The summed E-state index contributed by atoms with van der Waals surface area (Å²) in [5, 5.41) is 3.67. The molecule has 0 bridgehead atoms. The van der Waals surface area contributed by atoms with Crippen molar-refractivity contribution in [3.8, 4) is 0 Å². The van der Waals surface area contributed by atoms with E-state index in [1.165, 1.54) is 0 Å². The molecule has 2 heterocycles. The molecule has 2 aromatic carbocycles. The van der Waals surface area contributed by atoms with Gasteiger partial charge in [0.05, 0.1) is 5.75 Å².